The fourth-order valence-electron chi connectivity index (χ4n) is 5.71. The van der Waals surface area contributed by atoms with Crippen molar-refractivity contribution in [2.24, 2.45) is 11.3 Å². The highest BCUT2D eigenvalue weighted by Crippen LogP contribution is 2.50. The van der Waals surface area contributed by atoms with Crippen molar-refractivity contribution in [3.05, 3.63) is 59.8 Å². The van der Waals surface area contributed by atoms with Gasteiger partial charge in [0.1, 0.15) is 0 Å². The fourth-order valence-corrected chi connectivity index (χ4v) is 5.71. The maximum atomic E-state index is 13.5. The van der Waals surface area contributed by atoms with Gasteiger partial charge in [-0.1, -0.05) is 12.5 Å². The van der Waals surface area contributed by atoms with Crippen LogP contribution in [0, 0.1) is 11.3 Å². The molecular weight excluding hydrogens is 404 g/mol. The molecule has 1 N–H and O–H groups in total. The van der Waals surface area contributed by atoms with Gasteiger partial charge in [0.2, 0.25) is 5.91 Å². The Kier molecular flexibility index (Phi) is 4.48. The first-order valence-corrected chi connectivity index (χ1v) is 11.4. The number of hydrogen-bond donors (Lipinski definition) is 1. The van der Waals surface area contributed by atoms with Gasteiger partial charge in [-0.05, 0) is 48.8 Å². The molecule has 0 aromatic carbocycles. The molecule has 3 aromatic heterocycles. The smallest absolute Gasteiger partial charge is 0.271 e. The van der Waals surface area contributed by atoms with E-state index in [0.717, 1.165) is 25.1 Å². The van der Waals surface area contributed by atoms with Gasteiger partial charge < -0.3 is 10.2 Å². The van der Waals surface area contributed by atoms with Gasteiger partial charge in [-0.2, -0.15) is 5.10 Å². The lowest BCUT2D eigenvalue weighted by Gasteiger charge is -2.38. The summed E-state index contributed by atoms with van der Waals surface area (Å²) in [6.07, 6.45) is 11.3. The van der Waals surface area contributed by atoms with E-state index in [1.807, 2.05) is 6.07 Å². The Bertz CT molecular complexity index is 1140. The molecule has 0 bridgehead atoms. The van der Waals surface area contributed by atoms with Crippen LogP contribution in [0.3, 0.4) is 0 Å². The number of nitrogens with one attached hydrogen (secondary N) is 1. The van der Waals surface area contributed by atoms with Crippen LogP contribution in [0.25, 0.3) is 5.65 Å². The van der Waals surface area contributed by atoms with E-state index in [1.54, 1.807) is 35.2 Å². The third kappa shape index (κ3) is 3.25. The van der Waals surface area contributed by atoms with Crippen molar-refractivity contribution < 1.29 is 9.59 Å². The zero-order chi connectivity index (χ0) is 21.7. The second-order valence-electron chi connectivity index (χ2n) is 9.55. The van der Waals surface area contributed by atoms with E-state index >= 15 is 0 Å². The van der Waals surface area contributed by atoms with Crippen molar-refractivity contribution in [3.63, 3.8) is 0 Å². The molecule has 2 aliphatic carbocycles. The molecule has 3 aromatic rings. The van der Waals surface area contributed by atoms with Crippen LogP contribution >= 0.6 is 0 Å². The van der Waals surface area contributed by atoms with Crippen LogP contribution in [0.5, 0.6) is 0 Å². The van der Waals surface area contributed by atoms with Crippen LogP contribution in [-0.4, -0.2) is 55.4 Å². The van der Waals surface area contributed by atoms with Crippen LogP contribution in [0.4, 0.5) is 0 Å². The highest BCUT2D eigenvalue weighted by molar-refractivity contribution is 5.93. The Morgan fingerprint density at radius 3 is 2.81 bits per heavy atom. The van der Waals surface area contributed by atoms with E-state index in [-0.39, 0.29) is 29.2 Å². The molecule has 8 heteroatoms. The van der Waals surface area contributed by atoms with Gasteiger partial charge in [-0.25, -0.2) is 9.50 Å². The lowest BCUT2D eigenvalue weighted by molar-refractivity contribution is -0.136. The lowest BCUT2D eigenvalue weighted by atomic mass is 9.67. The summed E-state index contributed by atoms with van der Waals surface area (Å²) in [6, 6.07) is 7.51. The van der Waals surface area contributed by atoms with Crippen LogP contribution in [0.1, 0.15) is 47.4 Å². The number of nitrogens with zero attached hydrogens (tertiary/aromatic N) is 5. The second kappa shape index (κ2) is 7.39. The average molecular weight is 431 g/mol. The summed E-state index contributed by atoms with van der Waals surface area (Å²) in [5, 5.41) is 7.34. The molecule has 1 saturated heterocycles. The van der Waals surface area contributed by atoms with Gasteiger partial charge >= 0.3 is 0 Å². The van der Waals surface area contributed by atoms with Gasteiger partial charge in [-0.15, -0.1) is 0 Å². The molecule has 0 radical (unpaired) electrons. The normalized spacial score (nSPS) is 23.3. The Morgan fingerprint density at radius 2 is 2.03 bits per heavy atom. The monoisotopic (exact) mass is 430 g/mol. The second-order valence-corrected chi connectivity index (χ2v) is 9.55. The number of amides is 2. The summed E-state index contributed by atoms with van der Waals surface area (Å²) in [7, 11) is 0. The predicted octanol–water partition coefficient (Wildman–Crippen LogP) is 2.04. The largest absolute Gasteiger partial charge is 0.349 e. The first-order valence-electron chi connectivity index (χ1n) is 11.4. The topological polar surface area (TPSA) is 92.5 Å². The van der Waals surface area contributed by atoms with Crippen molar-refractivity contribution >= 4 is 17.5 Å². The minimum atomic E-state index is -0.227. The molecule has 2 unspecified atom stereocenters. The Balaban J connectivity index is 1.16. The molecule has 4 heterocycles. The van der Waals surface area contributed by atoms with Crippen LogP contribution in [0.15, 0.2) is 42.9 Å². The van der Waals surface area contributed by atoms with Crippen molar-refractivity contribution in [3.8, 4) is 0 Å². The summed E-state index contributed by atoms with van der Waals surface area (Å²) in [4.78, 5) is 37.1. The molecule has 2 fully saturated rings. The first-order chi connectivity index (χ1) is 15.6. The van der Waals surface area contributed by atoms with Crippen molar-refractivity contribution in [1.82, 2.24) is 29.8 Å². The molecule has 1 saturated carbocycles. The van der Waals surface area contributed by atoms with Gasteiger partial charge in [0.15, 0.2) is 11.3 Å². The van der Waals surface area contributed by atoms with Gasteiger partial charge in [0.05, 0.1) is 0 Å². The minimum absolute atomic E-state index is 0.0265. The summed E-state index contributed by atoms with van der Waals surface area (Å²) in [5.41, 5.74) is 3.46. The lowest BCUT2D eigenvalue weighted by Crippen LogP contribution is -2.46. The van der Waals surface area contributed by atoms with Crippen molar-refractivity contribution in [2.75, 3.05) is 13.1 Å². The van der Waals surface area contributed by atoms with E-state index in [4.69, 9.17) is 0 Å². The highest BCUT2D eigenvalue weighted by Gasteiger charge is 2.50. The molecule has 164 valence electrons. The number of carbonyl (C=O) groups is 2. The molecule has 1 aliphatic heterocycles. The number of aromatic nitrogens is 4. The number of carbonyl (C=O) groups excluding carboxylic acids is 2. The Hall–Kier alpha value is -3.29. The minimum Gasteiger partial charge on any atom is -0.349 e. The zero-order valence-electron chi connectivity index (χ0n) is 17.9. The third-order valence-electron chi connectivity index (χ3n) is 7.52. The number of pyridine rings is 1. The van der Waals surface area contributed by atoms with E-state index in [9.17, 15) is 9.59 Å². The summed E-state index contributed by atoms with van der Waals surface area (Å²) < 4.78 is 1.59. The molecule has 2 amide bonds. The average Bonchev–Trinajstić information content (AvgIpc) is 3.51. The molecule has 6 rings (SSSR count). The Morgan fingerprint density at radius 1 is 1.16 bits per heavy atom. The van der Waals surface area contributed by atoms with Crippen molar-refractivity contribution in [2.45, 2.75) is 44.6 Å². The third-order valence-corrected chi connectivity index (χ3v) is 7.52. The fraction of sp³-hybridized carbons (Fsp3) is 0.458. The highest BCUT2D eigenvalue weighted by atomic mass is 16.2. The maximum absolute atomic E-state index is 13.5. The van der Waals surface area contributed by atoms with Crippen LogP contribution < -0.4 is 5.32 Å². The molecule has 2 atom stereocenters. The van der Waals surface area contributed by atoms with Gasteiger partial charge in [-0.3, -0.25) is 14.6 Å². The van der Waals surface area contributed by atoms with E-state index < -0.39 is 0 Å². The van der Waals surface area contributed by atoms with Gasteiger partial charge in [0.25, 0.3) is 5.91 Å². The zero-order valence-corrected chi connectivity index (χ0v) is 17.9. The first kappa shape index (κ1) is 19.4. The number of hydrogen-bond acceptors (Lipinski definition) is 5. The van der Waals surface area contributed by atoms with E-state index in [0.29, 0.717) is 24.3 Å². The number of likely N-dealkylation sites (tertiary alicyclic amines) is 1. The molecular formula is C24H26N6O2. The van der Waals surface area contributed by atoms with Gasteiger partial charge in [0, 0.05) is 61.8 Å². The Labute approximate surface area is 186 Å². The summed E-state index contributed by atoms with van der Waals surface area (Å²) >= 11 is 0. The molecule has 8 nitrogen and oxygen atoms in total. The van der Waals surface area contributed by atoms with Crippen LogP contribution in [0.2, 0.25) is 0 Å². The quantitative estimate of drug-likeness (QED) is 0.684. The number of rotatable bonds is 4. The maximum Gasteiger partial charge on any atom is 0.271 e. The van der Waals surface area contributed by atoms with E-state index in [1.165, 1.54) is 24.8 Å². The molecule has 1 spiro atoms. The summed E-state index contributed by atoms with van der Waals surface area (Å²) in [5.74, 6) is -0.0595. The predicted molar refractivity (Wildman–Crippen MR) is 117 cm³/mol. The van der Waals surface area contributed by atoms with E-state index in [2.05, 4.69) is 31.3 Å². The molecule has 32 heavy (non-hydrogen) atoms. The van der Waals surface area contributed by atoms with Crippen molar-refractivity contribution in [1.29, 1.82) is 0 Å². The summed E-state index contributed by atoms with van der Waals surface area (Å²) in [6.45, 7) is 1.26. The van der Waals surface area contributed by atoms with Crippen LogP contribution in [-0.2, 0) is 17.6 Å². The number of fused-ring (bicyclic) bond motifs is 2. The standard InChI is InChI=1S/C24H26N6O2/c31-22(20-12-21-26-8-3-9-30(21)28-20)27-14-18-13-24(5-2-6-24)15-29(18)23(32)17-10-16-4-1-7-25-19(16)11-17/h1,3-4,7-9,12,17-18H,2,5-6,10-11,13-15H2,(H,27,31). The SMILES string of the molecule is O=C(NCC1CC2(CCC2)CN1C(=O)C1Cc2cccnc2C1)c1cc2ncccn2n1. The molecule has 3 aliphatic rings.